The van der Waals surface area contributed by atoms with Gasteiger partial charge in [0.1, 0.15) is 0 Å². The first-order valence-corrected chi connectivity index (χ1v) is 5.91. The van der Waals surface area contributed by atoms with E-state index in [1.807, 2.05) is 18.2 Å². The summed E-state index contributed by atoms with van der Waals surface area (Å²) in [5, 5.41) is 0. The molecule has 86 valence electrons. The van der Waals surface area contributed by atoms with Crippen molar-refractivity contribution < 1.29 is 9.53 Å². The standard InChI is InChI=1S/C14H18O2/c1-10(2)13(11-6-4-3-5-7-11)12-8-9-16-14(12)15/h3-7,10,12-13H,8-9H2,1-2H3/t12?,13-/m0/s1. The van der Waals surface area contributed by atoms with Crippen LogP contribution < -0.4 is 0 Å². The van der Waals surface area contributed by atoms with Gasteiger partial charge in [0, 0.05) is 0 Å². The molecule has 1 fully saturated rings. The van der Waals surface area contributed by atoms with Crippen LogP contribution in [0.1, 0.15) is 31.7 Å². The first-order chi connectivity index (χ1) is 7.70. The lowest BCUT2D eigenvalue weighted by molar-refractivity contribution is -0.142. The van der Waals surface area contributed by atoms with Crippen LogP contribution in [-0.2, 0) is 9.53 Å². The summed E-state index contributed by atoms with van der Waals surface area (Å²) in [4.78, 5) is 11.7. The van der Waals surface area contributed by atoms with Crippen LogP contribution in [0.2, 0.25) is 0 Å². The van der Waals surface area contributed by atoms with Crippen molar-refractivity contribution in [2.75, 3.05) is 6.61 Å². The van der Waals surface area contributed by atoms with Gasteiger partial charge in [-0.15, -0.1) is 0 Å². The summed E-state index contributed by atoms with van der Waals surface area (Å²) >= 11 is 0. The maximum atomic E-state index is 11.7. The number of cyclic esters (lactones) is 1. The fourth-order valence-electron chi connectivity index (χ4n) is 2.59. The summed E-state index contributed by atoms with van der Waals surface area (Å²) in [6.07, 6.45) is 0.858. The minimum atomic E-state index is -0.0254. The zero-order valence-electron chi connectivity index (χ0n) is 9.85. The van der Waals surface area contributed by atoms with E-state index in [0.29, 0.717) is 12.5 Å². The summed E-state index contributed by atoms with van der Waals surface area (Å²) in [6, 6.07) is 10.3. The monoisotopic (exact) mass is 218 g/mol. The molecule has 1 saturated heterocycles. The second-order valence-electron chi connectivity index (χ2n) is 4.74. The van der Waals surface area contributed by atoms with Gasteiger partial charge in [-0.2, -0.15) is 0 Å². The van der Waals surface area contributed by atoms with E-state index in [0.717, 1.165) is 6.42 Å². The molecule has 0 radical (unpaired) electrons. The largest absolute Gasteiger partial charge is 0.465 e. The molecule has 0 aromatic heterocycles. The van der Waals surface area contributed by atoms with Crippen LogP contribution in [0, 0.1) is 11.8 Å². The molecule has 2 rings (SSSR count). The molecule has 1 aliphatic heterocycles. The van der Waals surface area contributed by atoms with Crippen molar-refractivity contribution in [3.8, 4) is 0 Å². The SMILES string of the molecule is CC(C)[C@@H](c1ccccc1)C1CCOC1=O. The lowest BCUT2D eigenvalue weighted by atomic mass is 9.78. The van der Waals surface area contributed by atoms with E-state index in [-0.39, 0.29) is 17.8 Å². The van der Waals surface area contributed by atoms with E-state index >= 15 is 0 Å². The molecule has 2 heteroatoms. The van der Waals surface area contributed by atoms with Crippen LogP contribution in [-0.4, -0.2) is 12.6 Å². The van der Waals surface area contributed by atoms with Gasteiger partial charge >= 0.3 is 5.97 Å². The minimum Gasteiger partial charge on any atom is -0.465 e. The molecule has 0 N–H and O–H groups in total. The Morgan fingerprint density at radius 2 is 1.94 bits per heavy atom. The zero-order valence-corrected chi connectivity index (χ0v) is 9.85. The lowest BCUT2D eigenvalue weighted by Gasteiger charge is -2.25. The Kier molecular flexibility index (Phi) is 3.28. The van der Waals surface area contributed by atoms with Crippen molar-refractivity contribution in [3.63, 3.8) is 0 Å². The Bertz CT molecular complexity index is 356. The van der Waals surface area contributed by atoms with Crippen molar-refractivity contribution in [3.05, 3.63) is 35.9 Å². The zero-order chi connectivity index (χ0) is 11.5. The first kappa shape index (κ1) is 11.2. The highest BCUT2D eigenvalue weighted by atomic mass is 16.5. The van der Waals surface area contributed by atoms with Crippen molar-refractivity contribution in [2.24, 2.45) is 11.8 Å². The third-order valence-corrected chi connectivity index (χ3v) is 3.31. The number of ether oxygens (including phenoxy) is 1. The quantitative estimate of drug-likeness (QED) is 0.729. The number of hydrogen-bond donors (Lipinski definition) is 0. The summed E-state index contributed by atoms with van der Waals surface area (Å²) in [6.45, 7) is 4.92. The average molecular weight is 218 g/mol. The molecule has 1 aliphatic rings. The van der Waals surface area contributed by atoms with Crippen molar-refractivity contribution in [1.82, 2.24) is 0 Å². The summed E-state index contributed by atoms with van der Waals surface area (Å²) < 4.78 is 5.08. The van der Waals surface area contributed by atoms with Gasteiger partial charge in [0.2, 0.25) is 0 Å². The molecule has 0 amide bonds. The van der Waals surface area contributed by atoms with Crippen LogP contribution in [0.25, 0.3) is 0 Å². The van der Waals surface area contributed by atoms with Gasteiger partial charge < -0.3 is 4.74 Å². The molecular weight excluding hydrogens is 200 g/mol. The van der Waals surface area contributed by atoms with E-state index in [2.05, 4.69) is 26.0 Å². The molecule has 1 unspecified atom stereocenters. The fourth-order valence-corrected chi connectivity index (χ4v) is 2.59. The first-order valence-electron chi connectivity index (χ1n) is 5.91. The Balaban J connectivity index is 2.27. The summed E-state index contributed by atoms with van der Waals surface area (Å²) in [5.41, 5.74) is 1.25. The highest BCUT2D eigenvalue weighted by molar-refractivity contribution is 5.75. The van der Waals surface area contributed by atoms with E-state index in [1.165, 1.54) is 5.56 Å². The highest BCUT2D eigenvalue weighted by Gasteiger charge is 2.36. The van der Waals surface area contributed by atoms with E-state index in [9.17, 15) is 4.79 Å². The molecule has 1 aromatic rings. The predicted octanol–water partition coefficient (Wildman–Crippen LogP) is 2.99. The third-order valence-electron chi connectivity index (χ3n) is 3.31. The Labute approximate surface area is 96.6 Å². The van der Waals surface area contributed by atoms with Crippen molar-refractivity contribution in [2.45, 2.75) is 26.2 Å². The fraction of sp³-hybridized carbons (Fsp3) is 0.500. The average Bonchev–Trinajstić information content (AvgIpc) is 2.66. The van der Waals surface area contributed by atoms with Crippen LogP contribution in [0.15, 0.2) is 30.3 Å². The maximum absolute atomic E-state index is 11.7. The molecule has 2 atom stereocenters. The van der Waals surface area contributed by atoms with Crippen LogP contribution in [0.5, 0.6) is 0 Å². The van der Waals surface area contributed by atoms with Gasteiger partial charge in [-0.25, -0.2) is 0 Å². The number of carbonyl (C=O) groups is 1. The van der Waals surface area contributed by atoms with Gasteiger partial charge in [-0.3, -0.25) is 4.79 Å². The lowest BCUT2D eigenvalue weighted by Crippen LogP contribution is -2.22. The smallest absolute Gasteiger partial charge is 0.309 e. The van der Waals surface area contributed by atoms with Gasteiger partial charge in [0.05, 0.1) is 12.5 Å². The second kappa shape index (κ2) is 4.69. The summed E-state index contributed by atoms with van der Waals surface area (Å²) in [7, 11) is 0. The van der Waals surface area contributed by atoms with Crippen LogP contribution in [0.4, 0.5) is 0 Å². The van der Waals surface area contributed by atoms with Gasteiger partial charge in [-0.1, -0.05) is 44.2 Å². The van der Waals surface area contributed by atoms with Gasteiger partial charge in [0.15, 0.2) is 0 Å². The molecule has 0 aliphatic carbocycles. The molecule has 0 saturated carbocycles. The van der Waals surface area contributed by atoms with E-state index < -0.39 is 0 Å². The predicted molar refractivity (Wildman–Crippen MR) is 63.1 cm³/mol. The minimum absolute atomic E-state index is 0.0254. The Morgan fingerprint density at radius 1 is 1.25 bits per heavy atom. The number of carbonyl (C=O) groups excluding carboxylic acids is 1. The van der Waals surface area contributed by atoms with Crippen molar-refractivity contribution >= 4 is 5.97 Å². The Morgan fingerprint density at radius 3 is 2.44 bits per heavy atom. The second-order valence-corrected chi connectivity index (χ2v) is 4.74. The molecule has 0 spiro atoms. The summed E-state index contributed by atoms with van der Waals surface area (Å²) in [5.74, 6) is 0.763. The molecular formula is C14H18O2. The molecule has 1 aromatic carbocycles. The molecule has 2 nitrogen and oxygen atoms in total. The van der Waals surface area contributed by atoms with Crippen molar-refractivity contribution in [1.29, 1.82) is 0 Å². The van der Waals surface area contributed by atoms with E-state index in [1.54, 1.807) is 0 Å². The normalized spacial score (nSPS) is 22.2. The molecule has 0 bridgehead atoms. The number of benzene rings is 1. The van der Waals surface area contributed by atoms with E-state index in [4.69, 9.17) is 4.74 Å². The van der Waals surface area contributed by atoms with Gasteiger partial charge in [0.25, 0.3) is 0 Å². The highest BCUT2D eigenvalue weighted by Crippen LogP contribution is 2.37. The topological polar surface area (TPSA) is 26.3 Å². The number of esters is 1. The van der Waals surface area contributed by atoms with Crippen LogP contribution >= 0.6 is 0 Å². The molecule has 16 heavy (non-hydrogen) atoms. The maximum Gasteiger partial charge on any atom is 0.309 e. The third kappa shape index (κ3) is 2.11. The van der Waals surface area contributed by atoms with Gasteiger partial charge in [-0.05, 0) is 23.8 Å². The Hall–Kier alpha value is -1.31. The van der Waals surface area contributed by atoms with Crippen LogP contribution in [0.3, 0.4) is 0 Å². The number of rotatable bonds is 3. The number of hydrogen-bond acceptors (Lipinski definition) is 2. The molecule has 1 heterocycles.